The number of nitrogens with two attached hydrogens (primary N) is 1. The Labute approximate surface area is 66.1 Å². The summed E-state index contributed by atoms with van der Waals surface area (Å²) in [5.74, 6) is 4.47. The third kappa shape index (κ3) is 5.41. The summed E-state index contributed by atoms with van der Waals surface area (Å²) in [6, 6.07) is 0. The van der Waals surface area contributed by atoms with Crippen LogP contribution in [0.3, 0.4) is 0 Å². The van der Waals surface area contributed by atoms with E-state index in [0.29, 0.717) is 12.9 Å². The van der Waals surface area contributed by atoms with Gasteiger partial charge in [0.05, 0.1) is 0 Å². The molecule has 0 heterocycles. The largest absolute Gasteiger partial charge is 0.356 e. The normalized spacial score (nSPS) is 8.82. The Hall–Kier alpha value is -1.04. The minimum Gasteiger partial charge on any atom is -0.356 e. The zero-order chi connectivity index (χ0) is 8.69. The maximum Gasteiger partial charge on any atom is 0.235 e. The topological polar surface area (TPSA) is 84.2 Å². The molecule has 0 atom stereocenters. The van der Waals surface area contributed by atoms with Crippen LogP contribution in [0.25, 0.3) is 0 Å². The van der Waals surface area contributed by atoms with Gasteiger partial charge in [-0.05, 0) is 6.32 Å². The van der Waals surface area contributed by atoms with Crippen LogP contribution < -0.4 is 16.6 Å². The van der Waals surface area contributed by atoms with E-state index < -0.39 is 0 Å². The molecule has 0 aliphatic carbocycles. The summed E-state index contributed by atoms with van der Waals surface area (Å²) in [7, 11) is 1.75. The first-order chi connectivity index (χ1) is 5.20. The molecule has 6 heteroatoms. The van der Waals surface area contributed by atoms with Crippen molar-refractivity contribution in [3.05, 3.63) is 0 Å². The average Bonchev–Trinajstić information content (AvgIpc) is 2.04. The zero-order valence-corrected chi connectivity index (χ0v) is 6.52. The molecule has 0 aromatic heterocycles. The lowest BCUT2D eigenvalue weighted by atomic mass is 10.1. The predicted molar refractivity (Wildman–Crippen MR) is 43.3 cm³/mol. The molecule has 0 aromatic carbocycles. The van der Waals surface area contributed by atoms with E-state index >= 15 is 0 Å². The van der Waals surface area contributed by atoms with Crippen molar-refractivity contribution in [2.75, 3.05) is 6.54 Å². The van der Waals surface area contributed by atoms with Gasteiger partial charge in [-0.1, -0.05) is 0 Å². The summed E-state index contributed by atoms with van der Waals surface area (Å²) in [5, 5.41) is 2.54. The Bertz CT molecular complexity index is 135. The highest BCUT2D eigenvalue weighted by Gasteiger charge is 1.99. The lowest BCUT2D eigenvalue weighted by Crippen LogP contribution is -2.34. The fourth-order valence-electron chi connectivity index (χ4n) is 0.513. The Kier molecular flexibility index (Phi) is 5.19. The summed E-state index contributed by atoms with van der Waals surface area (Å²) < 4.78 is 0. The molecular formula is C5H12BN3O2. The molecule has 0 radical (unpaired) electrons. The van der Waals surface area contributed by atoms with E-state index in [1.807, 2.05) is 5.43 Å². The lowest BCUT2D eigenvalue weighted by Gasteiger charge is -2.01. The lowest BCUT2D eigenvalue weighted by molar-refractivity contribution is -0.121. The van der Waals surface area contributed by atoms with Crippen molar-refractivity contribution < 1.29 is 9.59 Å². The highest BCUT2D eigenvalue weighted by molar-refractivity contribution is 6.19. The van der Waals surface area contributed by atoms with Crippen LogP contribution in [0, 0.1) is 0 Å². The third-order valence-electron chi connectivity index (χ3n) is 1.16. The number of rotatable bonds is 4. The molecule has 0 saturated carbocycles. The highest BCUT2D eigenvalue weighted by atomic mass is 16.2. The number of nitrogens with one attached hydrogen (secondary N) is 2. The van der Waals surface area contributed by atoms with Gasteiger partial charge in [-0.15, -0.1) is 0 Å². The molecule has 0 aliphatic heterocycles. The number of amides is 2. The van der Waals surface area contributed by atoms with Crippen molar-refractivity contribution in [3.63, 3.8) is 0 Å². The Balaban J connectivity index is 3.27. The minimum atomic E-state index is -0.276. The molecule has 2 amide bonds. The Morgan fingerprint density at radius 1 is 1.36 bits per heavy atom. The van der Waals surface area contributed by atoms with E-state index in [4.69, 9.17) is 5.84 Å². The van der Waals surface area contributed by atoms with Gasteiger partial charge < -0.3 is 5.32 Å². The Morgan fingerprint density at radius 3 is 2.45 bits per heavy atom. The number of hydrogen-bond acceptors (Lipinski definition) is 3. The number of carbonyl (C=O) groups is 2. The second kappa shape index (κ2) is 5.73. The van der Waals surface area contributed by atoms with E-state index in [0.717, 1.165) is 0 Å². The number of hydrazine groups is 1. The van der Waals surface area contributed by atoms with Crippen LogP contribution >= 0.6 is 0 Å². The van der Waals surface area contributed by atoms with E-state index in [-0.39, 0.29) is 18.2 Å². The molecule has 62 valence electrons. The molecule has 11 heavy (non-hydrogen) atoms. The standard InChI is InChI=1S/C5H12BN3O2/c6-3-5(11)8-2-1-4(10)9-7/h1-3,6-7H2,(H,8,11)(H,9,10). The molecule has 0 aromatic rings. The SMILES string of the molecule is BCC(=O)NCCC(=O)NN. The molecule has 0 unspecified atom stereocenters. The van der Waals surface area contributed by atoms with Gasteiger partial charge in [0.25, 0.3) is 0 Å². The van der Waals surface area contributed by atoms with E-state index in [9.17, 15) is 9.59 Å². The van der Waals surface area contributed by atoms with Crippen molar-refractivity contribution in [2.45, 2.75) is 12.7 Å². The molecule has 5 nitrogen and oxygen atoms in total. The quantitative estimate of drug-likeness (QED) is 0.183. The van der Waals surface area contributed by atoms with Crippen molar-refractivity contribution in [2.24, 2.45) is 5.84 Å². The first kappa shape index (κ1) is 9.96. The molecule has 0 spiro atoms. The molecule has 0 rings (SSSR count). The van der Waals surface area contributed by atoms with Gasteiger partial charge in [-0.25, -0.2) is 5.84 Å². The summed E-state index contributed by atoms with van der Waals surface area (Å²) in [4.78, 5) is 21.1. The summed E-state index contributed by atoms with van der Waals surface area (Å²) in [5.41, 5.74) is 1.97. The first-order valence-electron chi connectivity index (χ1n) is 3.46. The van der Waals surface area contributed by atoms with Gasteiger partial charge in [-0.3, -0.25) is 15.0 Å². The van der Waals surface area contributed by atoms with E-state index in [2.05, 4.69) is 5.32 Å². The monoisotopic (exact) mass is 157 g/mol. The molecule has 0 saturated heterocycles. The minimum absolute atomic E-state index is 0.0604. The second-order valence-electron chi connectivity index (χ2n) is 2.02. The highest BCUT2D eigenvalue weighted by Crippen LogP contribution is 1.76. The maximum absolute atomic E-state index is 10.6. The molecule has 4 N–H and O–H groups in total. The number of hydrogen-bond donors (Lipinski definition) is 3. The first-order valence-corrected chi connectivity index (χ1v) is 3.46. The summed E-state index contributed by atoms with van der Waals surface area (Å²) >= 11 is 0. The van der Waals surface area contributed by atoms with Gasteiger partial charge in [0, 0.05) is 13.0 Å². The summed E-state index contributed by atoms with van der Waals surface area (Å²) in [6.07, 6.45) is 0.659. The second-order valence-corrected chi connectivity index (χ2v) is 2.02. The van der Waals surface area contributed by atoms with E-state index in [1.54, 1.807) is 7.85 Å². The predicted octanol–water partition coefficient (Wildman–Crippen LogP) is -2.47. The van der Waals surface area contributed by atoms with Crippen LogP contribution in [-0.2, 0) is 9.59 Å². The molecular weight excluding hydrogens is 145 g/mol. The van der Waals surface area contributed by atoms with Crippen LogP contribution in [0.2, 0.25) is 6.32 Å². The van der Waals surface area contributed by atoms with Gasteiger partial charge in [0.2, 0.25) is 11.8 Å². The van der Waals surface area contributed by atoms with Crippen molar-refractivity contribution in [1.29, 1.82) is 0 Å². The summed E-state index contributed by atoms with van der Waals surface area (Å²) in [6.45, 7) is 0.343. The molecule has 0 fully saturated rings. The van der Waals surface area contributed by atoms with Crippen LogP contribution in [0.5, 0.6) is 0 Å². The van der Waals surface area contributed by atoms with E-state index in [1.165, 1.54) is 0 Å². The third-order valence-corrected chi connectivity index (χ3v) is 1.16. The van der Waals surface area contributed by atoms with Gasteiger partial charge in [0.1, 0.15) is 7.85 Å². The van der Waals surface area contributed by atoms with Crippen LogP contribution in [0.4, 0.5) is 0 Å². The molecule has 0 aliphatic rings. The van der Waals surface area contributed by atoms with Crippen molar-refractivity contribution in [3.8, 4) is 0 Å². The van der Waals surface area contributed by atoms with Crippen LogP contribution in [0.1, 0.15) is 6.42 Å². The van der Waals surface area contributed by atoms with Crippen LogP contribution in [-0.4, -0.2) is 26.2 Å². The van der Waals surface area contributed by atoms with Gasteiger partial charge in [0.15, 0.2) is 0 Å². The maximum atomic E-state index is 10.6. The average molecular weight is 157 g/mol. The van der Waals surface area contributed by atoms with Crippen LogP contribution in [0.15, 0.2) is 0 Å². The zero-order valence-electron chi connectivity index (χ0n) is 6.52. The van der Waals surface area contributed by atoms with Gasteiger partial charge >= 0.3 is 0 Å². The fraction of sp³-hybridized carbons (Fsp3) is 0.600. The Morgan fingerprint density at radius 2 is 2.00 bits per heavy atom. The fourth-order valence-corrected chi connectivity index (χ4v) is 0.513. The van der Waals surface area contributed by atoms with Crippen molar-refractivity contribution in [1.82, 2.24) is 10.7 Å². The number of carbonyl (C=O) groups excluding carboxylic acids is 2. The smallest absolute Gasteiger partial charge is 0.235 e. The van der Waals surface area contributed by atoms with Gasteiger partial charge in [-0.2, -0.15) is 0 Å². The molecule has 0 bridgehead atoms. The van der Waals surface area contributed by atoms with Crippen molar-refractivity contribution >= 4 is 19.7 Å².